The molecule has 0 spiro atoms. The minimum Gasteiger partial charge on any atom is -0.339 e. The summed E-state index contributed by atoms with van der Waals surface area (Å²) < 4.78 is 0. The Balaban J connectivity index is 2.10. The molecule has 0 aliphatic carbocycles. The smallest absolute Gasteiger partial charge is 0.253 e. The van der Waals surface area contributed by atoms with Crippen LogP contribution in [0, 0.1) is 17.8 Å². The number of carbonyl (C=O) groups is 1. The number of nitrogens with zero attached hydrogens (tertiary/aromatic N) is 1. The first-order chi connectivity index (χ1) is 9.20. The number of hydrogen-bond acceptors (Lipinski definition) is 2. The predicted molar refractivity (Wildman–Crippen MR) is 76.7 cm³/mol. The van der Waals surface area contributed by atoms with Gasteiger partial charge in [0.05, 0.1) is 6.54 Å². The maximum absolute atomic E-state index is 12.4. The lowest BCUT2D eigenvalue weighted by Crippen LogP contribution is -2.37. The maximum Gasteiger partial charge on any atom is 0.253 e. The number of hydrogen-bond donors (Lipinski definition) is 1. The van der Waals surface area contributed by atoms with Crippen LogP contribution in [0.1, 0.15) is 35.7 Å². The Hall–Kier alpha value is -1.79. The van der Waals surface area contributed by atoms with Crippen LogP contribution in [0.3, 0.4) is 0 Å². The van der Waals surface area contributed by atoms with Gasteiger partial charge < -0.3 is 10.6 Å². The summed E-state index contributed by atoms with van der Waals surface area (Å²) in [4.78, 5) is 14.3. The van der Waals surface area contributed by atoms with Gasteiger partial charge in [-0.3, -0.25) is 4.79 Å². The van der Waals surface area contributed by atoms with Gasteiger partial charge in [-0.2, -0.15) is 0 Å². The number of nitrogens with two attached hydrogens (primary N) is 1. The highest BCUT2D eigenvalue weighted by Gasteiger charge is 2.21. The monoisotopic (exact) mass is 256 g/mol. The summed E-state index contributed by atoms with van der Waals surface area (Å²) in [5.41, 5.74) is 6.92. The summed E-state index contributed by atoms with van der Waals surface area (Å²) in [5.74, 6) is 6.61. The summed E-state index contributed by atoms with van der Waals surface area (Å²) in [7, 11) is 0. The zero-order valence-corrected chi connectivity index (χ0v) is 11.4. The first-order valence-electron chi connectivity index (χ1n) is 6.79. The molecule has 1 aliphatic rings. The van der Waals surface area contributed by atoms with Crippen LogP contribution < -0.4 is 5.73 Å². The van der Waals surface area contributed by atoms with Gasteiger partial charge >= 0.3 is 0 Å². The molecule has 0 saturated carbocycles. The molecule has 0 atom stereocenters. The standard InChI is InChI=1S/C16H20N2O/c1-13-7-10-18(11-8-13)16(19)15-6-2-4-14(12-15)5-3-9-17/h2,4,6,12-13H,7-11,17H2,1H3. The summed E-state index contributed by atoms with van der Waals surface area (Å²) in [6, 6.07) is 7.48. The van der Waals surface area contributed by atoms with Gasteiger partial charge in [-0.15, -0.1) is 0 Å². The highest BCUT2D eigenvalue weighted by molar-refractivity contribution is 5.94. The fraction of sp³-hybridized carbons (Fsp3) is 0.438. The molecule has 19 heavy (non-hydrogen) atoms. The fourth-order valence-corrected chi connectivity index (χ4v) is 2.28. The summed E-state index contributed by atoms with van der Waals surface area (Å²) in [6.07, 6.45) is 2.19. The van der Waals surface area contributed by atoms with Gasteiger partial charge in [-0.25, -0.2) is 0 Å². The fourth-order valence-electron chi connectivity index (χ4n) is 2.28. The van der Waals surface area contributed by atoms with Crippen LogP contribution in [0.25, 0.3) is 0 Å². The van der Waals surface area contributed by atoms with E-state index in [1.54, 1.807) is 0 Å². The number of rotatable bonds is 1. The van der Waals surface area contributed by atoms with Gasteiger partial charge in [0.2, 0.25) is 0 Å². The van der Waals surface area contributed by atoms with Crippen molar-refractivity contribution in [2.24, 2.45) is 11.7 Å². The van der Waals surface area contributed by atoms with E-state index in [0.29, 0.717) is 6.54 Å². The molecule has 0 bridgehead atoms. The van der Waals surface area contributed by atoms with Crippen molar-refractivity contribution in [1.82, 2.24) is 4.90 Å². The second-order valence-electron chi connectivity index (χ2n) is 5.06. The van der Waals surface area contributed by atoms with E-state index in [2.05, 4.69) is 18.8 Å². The Morgan fingerprint density at radius 2 is 2.16 bits per heavy atom. The molecule has 3 nitrogen and oxygen atoms in total. The molecule has 2 rings (SSSR count). The van der Waals surface area contributed by atoms with Crippen LogP contribution in [-0.4, -0.2) is 30.4 Å². The molecule has 1 saturated heterocycles. The van der Waals surface area contributed by atoms with Crippen molar-refractivity contribution in [3.05, 3.63) is 35.4 Å². The Labute approximate surface area is 114 Å². The van der Waals surface area contributed by atoms with Crippen LogP contribution in [0.5, 0.6) is 0 Å². The average Bonchev–Trinajstić information content (AvgIpc) is 2.45. The molecule has 1 amide bonds. The highest BCUT2D eigenvalue weighted by atomic mass is 16.2. The second kappa shape index (κ2) is 6.40. The van der Waals surface area contributed by atoms with E-state index in [1.165, 1.54) is 0 Å². The molecule has 0 unspecified atom stereocenters. The van der Waals surface area contributed by atoms with Gasteiger partial charge in [0.1, 0.15) is 0 Å². The molecule has 0 aromatic heterocycles. The van der Waals surface area contributed by atoms with Gasteiger partial charge in [0, 0.05) is 24.2 Å². The number of carbonyl (C=O) groups excluding carboxylic acids is 1. The van der Waals surface area contributed by atoms with Crippen molar-refractivity contribution in [3.63, 3.8) is 0 Å². The molecule has 0 radical (unpaired) electrons. The zero-order valence-electron chi connectivity index (χ0n) is 11.4. The number of benzene rings is 1. The molecule has 100 valence electrons. The van der Waals surface area contributed by atoms with E-state index in [-0.39, 0.29) is 5.91 Å². The Morgan fingerprint density at radius 3 is 2.84 bits per heavy atom. The summed E-state index contributed by atoms with van der Waals surface area (Å²) in [6.45, 7) is 4.30. The predicted octanol–water partition coefficient (Wildman–Crippen LogP) is 1.87. The first kappa shape index (κ1) is 13.6. The van der Waals surface area contributed by atoms with E-state index >= 15 is 0 Å². The topological polar surface area (TPSA) is 46.3 Å². The van der Waals surface area contributed by atoms with E-state index in [9.17, 15) is 4.79 Å². The zero-order chi connectivity index (χ0) is 13.7. The van der Waals surface area contributed by atoms with Gasteiger partial charge in [-0.1, -0.05) is 24.8 Å². The van der Waals surface area contributed by atoms with Crippen molar-refractivity contribution < 1.29 is 4.79 Å². The van der Waals surface area contributed by atoms with Gasteiger partial charge in [-0.05, 0) is 37.0 Å². The minimum atomic E-state index is 0.114. The largest absolute Gasteiger partial charge is 0.339 e. The van der Waals surface area contributed by atoms with Crippen LogP contribution >= 0.6 is 0 Å². The van der Waals surface area contributed by atoms with Crippen molar-refractivity contribution in [2.45, 2.75) is 19.8 Å². The molecular weight excluding hydrogens is 236 g/mol. The van der Waals surface area contributed by atoms with Crippen LogP contribution in [0.4, 0.5) is 0 Å². The molecule has 2 N–H and O–H groups in total. The molecule has 1 fully saturated rings. The van der Waals surface area contributed by atoms with Crippen LogP contribution in [0.15, 0.2) is 24.3 Å². The Bertz CT molecular complexity index is 505. The van der Waals surface area contributed by atoms with Crippen molar-refractivity contribution in [2.75, 3.05) is 19.6 Å². The highest BCUT2D eigenvalue weighted by Crippen LogP contribution is 2.18. The third-order valence-corrected chi connectivity index (χ3v) is 3.52. The lowest BCUT2D eigenvalue weighted by molar-refractivity contribution is 0.0697. The van der Waals surface area contributed by atoms with Gasteiger partial charge in [0.15, 0.2) is 0 Å². The molecule has 1 heterocycles. The third kappa shape index (κ3) is 3.59. The molecule has 3 heteroatoms. The average molecular weight is 256 g/mol. The minimum absolute atomic E-state index is 0.114. The van der Waals surface area contributed by atoms with E-state index in [1.807, 2.05) is 29.2 Å². The summed E-state index contributed by atoms with van der Waals surface area (Å²) >= 11 is 0. The maximum atomic E-state index is 12.4. The van der Waals surface area contributed by atoms with Crippen molar-refractivity contribution >= 4 is 5.91 Å². The van der Waals surface area contributed by atoms with E-state index in [0.717, 1.165) is 43.0 Å². The lowest BCUT2D eigenvalue weighted by Gasteiger charge is -2.30. The summed E-state index contributed by atoms with van der Waals surface area (Å²) in [5, 5.41) is 0. The van der Waals surface area contributed by atoms with Gasteiger partial charge in [0.25, 0.3) is 5.91 Å². The normalized spacial score (nSPS) is 15.8. The quantitative estimate of drug-likeness (QED) is 0.780. The second-order valence-corrected chi connectivity index (χ2v) is 5.06. The van der Waals surface area contributed by atoms with E-state index < -0.39 is 0 Å². The molecule has 1 aliphatic heterocycles. The van der Waals surface area contributed by atoms with Crippen LogP contribution in [-0.2, 0) is 0 Å². The third-order valence-electron chi connectivity index (χ3n) is 3.52. The number of piperidine rings is 1. The SMILES string of the molecule is CC1CCN(C(=O)c2cccc(C#CCN)c2)CC1. The number of amides is 1. The van der Waals surface area contributed by atoms with E-state index in [4.69, 9.17) is 5.73 Å². The molecule has 1 aromatic rings. The Morgan fingerprint density at radius 1 is 1.42 bits per heavy atom. The molecular formula is C16H20N2O. The Kier molecular flexibility index (Phi) is 4.59. The lowest BCUT2D eigenvalue weighted by atomic mass is 9.98. The van der Waals surface area contributed by atoms with Crippen molar-refractivity contribution in [3.8, 4) is 11.8 Å². The molecule has 1 aromatic carbocycles. The van der Waals surface area contributed by atoms with Crippen LogP contribution in [0.2, 0.25) is 0 Å². The number of likely N-dealkylation sites (tertiary alicyclic amines) is 1. The first-order valence-corrected chi connectivity index (χ1v) is 6.79. The van der Waals surface area contributed by atoms with Crippen molar-refractivity contribution in [1.29, 1.82) is 0 Å².